The van der Waals surface area contributed by atoms with Gasteiger partial charge in [-0.3, -0.25) is 0 Å². The average molecular weight is 235 g/mol. The fourth-order valence-corrected chi connectivity index (χ4v) is 3.75. The molecule has 0 radical (unpaired) electrons. The van der Waals surface area contributed by atoms with Crippen LogP contribution in [0.15, 0.2) is 0 Å². The number of hydrogen-bond acceptors (Lipinski definition) is 2. The topological polar surface area (TPSA) is 33.0 Å². The summed E-state index contributed by atoms with van der Waals surface area (Å²) in [5.41, 5.74) is -0.445. The quantitative estimate of drug-likeness (QED) is 0.739. The van der Waals surface area contributed by atoms with Crippen LogP contribution in [0.2, 0.25) is 0 Å². The third-order valence-corrected chi connectivity index (χ3v) is 4.78. The SMILES string of the molecule is CCOC1(C#N)CCC(C2CCCCC2)CC1. The van der Waals surface area contributed by atoms with Gasteiger partial charge in [0.15, 0.2) is 5.60 Å². The van der Waals surface area contributed by atoms with Crippen LogP contribution < -0.4 is 0 Å². The Balaban J connectivity index is 1.86. The summed E-state index contributed by atoms with van der Waals surface area (Å²) >= 11 is 0. The molecule has 17 heavy (non-hydrogen) atoms. The number of hydrogen-bond donors (Lipinski definition) is 0. The fraction of sp³-hybridized carbons (Fsp3) is 0.933. The molecule has 0 amide bonds. The standard InChI is InChI=1S/C15H25NO/c1-2-17-15(12-16)10-8-14(9-11-15)13-6-4-3-5-7-13/h13-14H,2-11H2,1H3. The Morgan fingerprint density at radius 1 is 1.06 bits per heavy atom. The van der Waals surface area contributed by atoms with Crippen LogP contribution in [0.4, 0.5) is 0 Å². The van der Waals surface area contributed by atoms with Crippen LogP contribution in [0.3, 0.4) is 0 Å². The Labute approximate surface area is 105 Å². The highest BCUT2D eigenvalue weighted by Crippen LogP contribution is 2.42. The smallest absolute Gasteiger partial charge is 0.154 e. The summed E-state index contributed by atoms with van der Waals surface area (Å²) in [6, 6.07) is 2.42. The maximum Gasteiger partial charge on any atom is 0.154 e. The fourth-order valence-electron chi connectivity index (χ4n) is 3.75. The molecule has 2 aliphatic carbocycles. The van der Waals surface area contributed by atoms with E-state index in [0.29, 0.717) is 6.61 Å². The van der Waals surface area contributed by atoms with E-state index in [4.69, 9.17) is 4.74 Å². The van der Waals surface area contributed by atoms with Crippen molar-refractivity contribution in [2.75, 3.05) is 6.61 Å². The molecule has 0 aromatic heterocycles. The lowest BCUT2D eigenvalue weighted by Gasteiger charge is -2.39. The Bertz CT molecular complexity index is 267. The van der Waals surface area contributed by atoms with Crippen LogP contribution in [0.5, 0.6) is 0 Å². The van der Waals surface area contributed by atoms with Crippen molar-refractivity contribution in [2.45, 2.75) is 70.3 Å². The van der Waals surface area contributed by atoms with Crippen LogP contribution in [0.1, 0.15) is 64.7 Å². The molecule has 0 unspecified atom stereocenters. The van der Waals surface area contributed by atoms with E-state index in [2.05, 4.69) is 6.07 Å². The highest BCUT2D eigenvalue weighted by atomic mass is 16.5. The molecule has 2 fully saturated rings. The Hall–Kier alpha value is -0.550. The van der Waals surface area contributed by atoms with Gasteiger partial charge in [0.2, 0.25) is 0 Å². The second-order valence-electron chi connectivity index (χ2n) is 5.77. The largest absolute Gasteiger partial charge is 0.360 e. The van der Waals surface area contributed by atoms with Gasteiger partial charge in [0.1, 0.15) is 0 Å². The van der Waals surface area contributed by atoms with E-state index in [1.54, 1.807) is 0 Å². The summed E-state index contributed by atoms with van der Waals surface area (Å²) in [5, 5.41) is 9.29. The minimum atomic E-state index is -0.445. The minimum Gasteiger partial charge on any atom is -0.360 e. The van der Waals surface area contributed by atoms with Gasteiger partial charge >= 0.3 is 0 Å². The third kappa shape index (κ3) is 3.01. The highest BCUT2D eigenvalue weighted by Gasteiger charge is 2.38. The van der Waals surface area contributed by atoms with Gasteiger partial charge in [-0.05, 0) is 44.4 Å². The molecule has 0 aromatic rings. The van der Waals surface area contributed by atoms with Crippen molar-refractivity contribution in [3.63, 3.8) is 0 Å². The van der Waals surface area contributed by atoms with E-state index in [9.17, 15) is 5.26 Å². The van der Waals surface area contributed by atoms with Crippen LogP contribution in [-0.2, 0) is 4.74 Å². The van der Waals surface area contributed by atoms with Crippen molar-refractivity contribution in [3.05, 3.63) is 0 Å². The Morgan fingerprint density at radius 3 is 2.18 bits per heavy atom. The molecule has 2 heteroatoms. The number of rotatable bonds is 3. The summed E-state index contributed by atoms with van der Waals surface area (Å²) < 4.78 is 5.69. The lowest BCUT2D eigenvalue weighted by molar-refractivity contribution is -0.0377. The third-order valence-electron chi connectivity index (χ3n) is 4.78. The first-order valence-corrected chi connectivity index (χ1v) is 7.35. The van der Waals surface area contributed by atoms with Gasteiger partial charge in [0, 0.05) is 6.61 Å². The predicted octanol–water partition coefficient (Wildman–Crippen LogP) is 4.06. The second kappa shape index (κ2) is 5.87. The molecule has 0 N–H and O–H groups in total. The zero-order valence-corrected chi connectivity index (χ0v) is 11.1. The maximum atomic E-state index is 9.29. The molecule has 0 spiro atoms. The molecule has 2 saturated carbocycles. The van der Waals surface area contributed by atoms with Gasteiger partial charge in [0.25, 0.3) is 0 Å². The number of ether oxygens (including phenoxy) is 1. The van der Waals surface area contributed by atoms with E-state index >= 15 is 0 Å². The zero-order chi connectivity index (χ0) is 12.1. The normalized spacial score (nSPS) is 35.4. The van der Waals surface area contributed by atoms with E-state index in [0.717, 1.165) is 24.7 Å². The number of nitriles is 1. The first-order chi connectivity index (χ1) is 8.29. The van der Waals surface area contributed by atoms with Crippen LogP contribution in [-0.4, -0.2) is 12.2 Å². The van der Waals surface area contributed by atoms with Gasteiger partial charge in [0.05, 0.1) is 6.07 Å². The first-order valence-electron chi connectivity index (χ1n) is 7.35. The highest BCUT2D eigenvalue weighted by molar-refractivity contribution is 5.05. The van der Waals surface area contributed by atoms with Crippen molar-refractivity contribution in [1.82, 2.24) is 0 Å². The predicted molar refractivity (Wildman–Crippen MR) is 68.5 cm³/mol. The van der Waals surface area contributed by atoms with E-state index in [1.807, 2.05) is 6.92 Å². The van der Waals surface area contributed by atoms with Gasteiger partial charge in [-0.25, -0.2) is 0 Å². The summed E-state index contributed by atoms with van der Waals surface area (Å²) in [7, 11) is 0. The van der Waals surface area contributed by atoms with Crippen molar-refractivity contribution < 1.29 is 4.74 Å². The Kier molecular flexibility index (Phi) is 4.45. The molecule has 0 bridgehead atoms. The molecule has 0 aromatic carbocycles. The molecule has 0 heterocycles. The summed E-state index contributed by atoms with van der Waals surface area (Å²) in [6.45, 7) is 2.66. The van der Waals surface area contributed by atoms with Crippen LogP contribution in [0, 0.1) is 23.2 Å². The van der Waals surface area contributed by atoms with Crippen molar-refractivity contribution in [2.24, 2.45) is 11.8 Å². The Morgan fingerprint density at radius 2 is 1.65 bits per heavy atom. The summed E-state index contributed by atoms with van der Waals surface area (Å²) in [5.74, 6) is 1.82. The molecule has 0 aliphatic heterocycles. The first kappa shape index (κ1) is 12.9. The van der Waals surface area contributed by atoms with E-state index in [1.165, 1.54) is 44.9 Å². The van der Waals surface area contributed by atoms with Crippen molar-refractivity contribution >= 4 is 0 Å². The molecule has 2 nitrogen and oxygen atoms in total. The molecule has 2 aliphatic rings. The van der Waals surface area contributed by atoms with Gasteiger partial charge < -0.3 is 4.74 Å². The van der Waals surface area contributed by atoms with E-state index in [-0.39, 0.29) is 0 Å². The van der Waals surface area contributed by atoms with Crippen LogP contribution in [0.25, 0.3) is 0 Å². The van der Waals surface area contributed by atoms with Crippen molar-refractivity contribution in [1.29, 1.82) is 5.26 Å². The molecule has 0 saturated heterocycles. The lowest BCUT2D eigenvalue weighted by Crippen LogP contribution is -2.37. The van der Waals surface area contributed by atoms with Gasteiger partial charge in [-0.2, -0.15) is 5.26 Å². The van der Waals surface area contributed by atoms with Gasteiger partial charge in [-0.1, -0.05) is 32.1 Å². The zero-order valence-electron chi connectivity index (χ0n) is 11.1. The number of nitrogens with zero attached hydrogens (tertiary/aromatic N) is 1. The molecular weight excluding hydrogens is 210 g/mol. The average Bonchev–Trinajstić information content (AvgIpc) is 2.41. The minimum absolute atomic E-state index is 0.445. The molecular formula is C15H25NO. The molecule has 0 atom stereocenters. The molecule has 2 rings (SSSR count). The van der Waals surface area contributed by atoms with Crippen molar-refractivity contribution in [3.8, 4) is 6.07 Å². The second-order valence-corrected chi connectivity index (χ2v) is 5.77. The van der Waals surface area contributed by atoms with Crippen LogP contribution >= 0.6 is 0 Å². The molecule has 96 valence electrons. The van der Waals surface area contributed by atoms with E-state index < -0.39 is 5.60 Å². The monoisotopic (exact) mass is 235 g/mol. The van der Waals surface area contributed by atoms with Gasteiger partial charge in [-0.15, -0.1) is 0 Å². The summed E-state index contributed by atoms with van der Waals surface area (Å²) in [6.07, 6.45) is 11.5. The summed E-state index contributed by atoms with van der Waals surface area (Å²) in [4.78, 5) is 0. The lowest BCUT2D eigenvalue weighted by atomic mass is 9.70. The maximum absolute atomic E-state index is 9.29.